The van der Waals surface area contributed by atoms with E-state index in [9.17, 15) is 18.3 Å². The van der Waals surface area contributed by atoms with Crippen LogP contribution in [0.1, 0.15) is 43.6 Å². The Balaban J connectivity index is 1.51. The zero-order chi connectivity index (χ0) is 20.6. The molecule has 0 aromatic heterocycles. The molecule has 0 saturated carbocycles. The predicted molar refractivity (Wildman–Crippen MR) is 107 cm³/mol. The first kappa shape index (κ1) is 20.4. The second kappa shape index (κ2) is 8.12. The van der Waals surface area contributed by atoms with E-state index in [1.165, 1.54) is 0 Å². The average Bonchev–Trinajstić information content (AvgIpc) is 3.05. The van der Waals surface area contributed by atoms with Crippen LogP contribution < -0.4 is 9.46 Å². The van der Waals surface area contributed by atoms with Crippen molar-refractivity contribution in [2.75, 3.05) is 30.7 Å². The van der Waals surface area contributed by atoms with Crippen molar-refractivity contribution in [3.63, 3.8) is 0 Å². The van der Waals surface area contributed by atoms with Crippen LogP contribution in [0.5, 0.6) is 5.75 Å². The van der Waals surface area contributed by atoms with Crippen LogP contribution in [-0.4, -0.2) is 68.6 Å². The van der Waals surface area contributed by atoms with E-state index in [2.05, 4.69) is 4.72 Å². The van der Waals surface area contributed by atoms with Crippen LogP contribution in [0.3, 0.4) is 0 Å². The number of sulfonamides is 1. The molecular formula is C20H28N2O6S. The number of nitrogens with zero attached hydrogens (tertiary/aromatic N) is 1. The SMILES string of the molecule is CS(=O)(=O)Nc1ccc2c(c1)[C@@H]1C[C@@H](CC(=O)N3CCCCC3)O[C@@H](CO)[C@@H]1O2. The predicted octanol–water partition coefficient (Wildman–Crippen LogP) is 1.46. The molecule has 2 fully saturated rings. The Hall–Kier alpha value is -1.84. The maximum atomic E-state index is 12.7. The molecule has 0 spiro atoms. The van der Waals surface area contributed by atoms with E-state index in [1.807, 2.05) is 4.90 Å². The summed E-state index contributed by atoms with van der Waals surface area (Å²) in [5.74, 6) is 0.706. The zero-order valence-electron chi connectivity index (χ0n) is 16.5. The maximum Gasteiger partial charge on any atom is 0.229 e. The van der Waals surface area contributed by atoms with Crippen molar-refractivity contribution in [2.24, 2.45) is 0 Å². The smallest absolute Gasteiger partial charge is 0.229 e. The standard InChI is InChI=1S/C20H28N2O6S/c1-29(25,26)21-13-5-6-17-15(9-13)16-10-14(27-18(12-23)20(16)28-17)11-19(24)22-7-3-2-4-8-22/h5-6,9,14,16,18,20-21,23H,2-4,7-8,10-12H2,1H3/t14-,16-,18-,20+/m0/s1. The van der Waals surface area contributed by atoms with Crippen molar-refractivity contribution in [2.45, 2.75) is 56.3 Å². The number of fused-ring (bicyclic) bond motifs is 3. The van der Waals surface area contributed by atoms with Gasteiger partial charge in [-0.25, -0.2) is 8.42 Å². The molecule has 0 unspecified atom stereocenters. The van der Waals surface area contributed by atoms with Crippen LogP contribution >= 0.6 is 0 Å². The van der Waals surface area contributed by atoms with Gasteiger partial charge in [0.25, 0.3) is 0 Å². The molecular weight excluding hydrogens is 396 g/mol. The molecule has 2 N–H and O–H groups in total. The number of amides is 1. The molecule has 9 heteroatoms. The molecule has 4 atom stereocenters. The molecule has 3 heterocycles. The van der Waals surface area contributed by atoms with Gasteiger partial charge in [-0.3, -0.25) is 9.52 Å². The summed E-state index contributed by atoms with van der Waals surface area (Å²) in [4.78, 5) is 14.6. The van der Waals surface area contributed by atoms with Crippen molar-refractivity contribution in [3.05, 3.63) is 23.8 Å². The monoisotopic (exact) mass is 424 g/mol. The molecule has 1 aromatic rings. The Kier molecular flexibility index (Phi) is 5.72. The second-order valence-electron chi connectivity index (χ2n) is 8.18. The number of likely N-dealkylation sites (tertiary alicyclic amines) is 1. The van der Waals surface area contributed by atoms with Gasteiger partial charge in [-0.05, 0) is 43.9 Å². The number of hydrogen-bond donors (Lipinski definition) is 2. The summed E-state index contributed by atoms with van der Waals surface area (Å²) in [7, 11) is -3.38. The first-order valence-electron chi connectivity index (χ1n) is 10.2. The fourth-order valence-electron chi connectivity index (χ4n) is 4.63. The summed E-state index contributed by atoms with van der Waals surface area (Å²) < 4.78 is 37.7. The molecule has 8 nitrogen and oxygen atoms in total. The van der Waals surface area contributed by atoms with Gasteiger partial charge in [-0.15, -0.1) is 0 Å². The molecule has 2 saturated heterocycles. The highest BCUT2D eigenvalue weighted by Crippen LogP contribution is 2.47. The number of hydrogen-bond acceptors (Lipinski definition) is 6. The van der Waals surface area contributed by atoms with Crippen LogP contribution in [0, 0.1) is 0 Å². The summed E-state index contributed by atoms with van der Waals surface area (Å²) >= 11 is 0. The van der Waals surface area contributed by atoms with Gasteiger partial charge >= 0.3 is 0 Å². The largest absolute Gasteiger partial charge is 0.487 e. The number of carbonyl (C=O) groups excluding carboxylic acids is 1. The first-order valence-corrected chi connectivity index (χ1v) is 12.1. The van der Waals surface area contributed by atoms with E-state index in [0.717, 1.165) is 44.2 Å². The van der Waals surface area contributed by atoms with E-state index in [0.29, 0.717) is 17.9 Å². The highest BCUT2D eigenvalue weighted by atomic mass is 32.2. The van der Waals surface area contributed by atoms with Gasteiger partial charge < -0.3 is 19.5 Å². The minimum Gasteiger partial charge on any atom is -0.487 e. The lowest BCUT2D eigenvalue weighted by molar-refractivity contribution is -0.149. The topological polar surface area (TPSA) is 105 Å². The highest BCUT2D eigenvalue weighted by molar-refractivity contribution is 7.92. The Bertz CT molecular complexity index is 868. The van der Waals surface area contributed by atoms with E-state index in [1.54, 1.807) is 18.2 Å². The molecule has 0 bridgehead atoms. The summed E-state index contributed by atoms with van der Waals surface area (Å²) in [6, 6.07) is 5.18. The van der Waals surface area contributed by atoms with Gasteiger partial charge in [0.15, 0.2) is 0 Å². The summed E-state index contributed by atoms with van der Waals surface area (Å²) in [6.07, 6.45) is 4.07. The number of ether oxygens (including phenoxy) is 2. The van der Waals surface area contributed by atoms with Gasteiger partial charge in [0, 0.05) is 30.3 Å². The van der Waals surface area contributed by atoms with Crippen molar-refractivity contribution >= 4 is 21.6 Å². The number of aliphatic hydroxyl groups excluding tert-OH is 1. The first-order chi connectivity index (χ1) is 13.8. The maximum absolute atomic E-state index is 12.7. The summed E-state index contributed by atoms with van der Waals surface area (Å²) in [5, 5.41) is 9.83. The van der Waals surface area contributed by atoms with Gasteiger partial charge in [0.2, 0.25) is 15.9 Å². The van der Waals surface area contributed by atoms with E-state index in [4.69, 9.17) is 9.47 Å². The molecule has 3 aliphatic rings. The molecule has 1 aromatic carbocycles. The number of aliphatic hydroxyl groups is 1. The third kappa shape index (κ3) is 4.51. The third-order valence-electron chi connectivity index (χ3n) is 5.91. The molecule has 1 amide bonds. The number of carbonyl (C=O) groups is 1. The number of nitrogens with one attached hydrogen (secondary N) is 1. The van der Waals surface area contributed by atoms with Crippen LogP contribution in [0.15, 0.2) is 18.2 Å². The van der Waals surface area contributed by atoms with Crippen LogP contribution in [0.2, 0.25) is 0 Å². The van der Waals surface area contributed by atoms with Gasteiger partial charge in [0.1, 0.15) is 18.0 Å². The van der Waals surface area contributed by atoms with Crippen LogP contribution in [-0.2, 0) is 19.6 Å². The van der Waals surface area contributed by atoms with E-state index >= 15 is 0 Å². The fourth-order valence-corrected chi connectivity index (χ4v) is 5.19. The van der Waals surface area contributed by atoms with Gasteiger partial charge in [-0.1, -0.05) is 0 Å². The third-order valence-corrected chi connectivity index (χ3v) is 6.52. The average molecular weight is 425 g/mol. The van der Waals surface area contributed by atoms with Gasteiger partial charge in [-0.2, -0.15) is 0 Å². The Morgan fingerprint density at radius 2 is 2.03 bits per heavy atom. The highest BCUT2D eigenvalue weighted by Gasteiger charge is 2.46. The van der Waals surface area contributed by atoms with Crippen molar-refractivity contribution in [1.29, 1.82) is 0 Å². The minimum atomic E-state index is -3.38. The fraction of sp³-hybridized carbons (Fsp3) is 0.650. The van der Waals surface area contributed by atoms with Crippen molar-refractivity contribution in [1.82, 2.24) is 4.90 Å². The normalized spacial score (nSPS) is 29.0. The summed E-state index contributed by atoms with van der Waals surface area (Å²) in [5.41, 5.74) is 1.37. The number of benzene rings is 1. The van der Waals surface area contributed by atoms with Crippen LogP contribution in [0.4, 0.5) is 5.69 Å². The minimum absolute atomic E-state index is 0.0589. The lowest BCUT2D eigenvalue weighted by Gasteiger charge is -2.38. The number of rotatable bonds is 5. The van der Waals surface area contributed by atoms with Crippen molar-refractivity contribution < 1.29 is 27.8 Å². The lowest BCUT2D eigenvalue weighted by atomic mass is 9.84. The Morgan fingerprint density at radius 3 is 2.72 bits per heavy atom. The molecule has 0 radical (unpaired) electrons. The number of anilines is 1. The summed E-state index contributed by atoms with van der Waals surface area (Å²) in [6.45, 7) is 1.40. The molecule has 0 aliphatic carbocycles. The van der Waals surface area contributed by atoms with E-state index in [-0.39, 0.29) is 37.1 Å². The van der Waals surface area contributed by atoms with Gasteiger partial charge in [0.05, 0.1) is 25.4 Å². The quantitative estimate of drug-likeness (QED) is 0.741. The lowest BCUT2D eigenvalue weighted by Crippen LogP contribution is -2.48. The second-order valence-corrected chi connectivity index (χ2v) is 9.92. The van der Waals surface area contributed by atoms with Crippen molar-refractivity contribution in [3.8, 4) is 5.75 Å². The molecule has 160 valence electrons. The zero-order valence-corrected chi connectivity index (χ0v) is 17.4. The van der Waals surface area contributed by atoms with E-state index < -0.39 is 16.1 Å². The Labute approximate surface area is 171 Å². The molecule has 3 aliphatic heterocycles. The molecule has 29 heavy (non-hydrogen) atoms. The molecule has 4 rings (SSSR count). The van der Waals surface area contributed by atoms with Crippen LogP contribution in [0.25, 0.3) is 0 Å². The Morgan fingerprint density at radius 1 is 1.28 bits per heavy atom. The number of piperidine rings is 1.